The fourth-order valence-corrected chi connectivity index (χ4v) is 2.60. The molecule has 1 aromatic rings. The summed E-state index contributed by atoms with van der Waals surface area (Å²) in [4.78, 5) is 0. The third-order valence-electron chi connectivity index (χ3n) is 3.31. The molecule has 2 rings (SSSR count). The van der Waals surface area contributed by atoms with Crippen LogP contribution in [0, 0.1) is 11.7 Å². The highest BCUT2D eigenvalue weighted by molar-refractivity contribution is 6.30. The molecule has 0 saturated carbocycles. The van der Waals surface area contributed by atoms with Gasteiger partial charge in [-0.15, -0.1) is 0 Å². The lowest BCUT2D eigenvalue weighted by Gasteiger charge is -2.32. The van der Waals surface area contributed by atoms with Crippen molar-refractivity contribution in [2.75, 3.05) is 6.54 Å². The Kier molecular flexibility index (Phi) is 4.02. The van der Waals surface area contributed by atoms with Crippen molar-refractivity contribution in [3.63, 3.8) is 0 Å². The molecule has 0 radical (unpaired) electrons. The van der Waals surface area contributed by atoms with Crippen LogP contribution >= 0.6 is 11.6 Å². The Morgan fingerprint density at radius 1 is 1.47 bits per heavy atom. The van der Waals surface area contributed by atoms with Gasteiger partial charge in [-0.05, 0) is 49.1 Å². The molecule has 1 aromatic carbocycles. The molecule has 0 amide bonds. The van der Waals surface area contributed by atoms with Gasteiger partial charge in [-0.1, -0.05) is 18.5 Å². The fourth-order valence-electron chi connectivity index (χ4n) is 2.37. The number of rotatable bonds is 2. The first kappa shape index (κ1) is 12.8. The summed E-state index contributed by atoms with van der Waals surface area (Å²) in [5.41, 5.74) is 0.543. The third-order valence-corrected chi connectivity index (χ3v) is 3.53. The van der Waals surface area contributed by atoms with E-state index >= 15 is 0 Å². The summed E-state index contributed by atoms with van der Waals surface area (Å²) >= 11 is 5.79. The van der Waals surface area contributed by atoms with E-state index in [1.165, 1.54) is 12.1 Å². The van der Waals surface area contributed by atoms with Gasteiger partial charge in [-0.2, -0.15) is 0 Å². The van der Waals surface area contributed by atoms with E-state index in [0.29, 0.717) is 16.5 Å². The molecule has 2 N–H and O–H groups in total. The van der Waals surface area contributed by atoms with E-state index in [4.69, 9.17) is 11.6 Å². The lowest BCUT2D eigenvalue weighted by molar-refractivity contribution is 0.101. The van der Waals surface area contributed by atoms with E-state index in [2.05, 4.69) is 12.2 Å². The number of benzene rings is 1. The van der Waals surface area contributed by atoms with Crippen molar-refractivity contribution >= 4 is 11.6 Å². The molecule has 1 saturated heterocycles. The molecule has 1 heterocycles. The van der Waals surface area contributed by atoms with E-state index in [1.54, 1.807) is 6.07 Å². The maximum Gasteiger partial charge on any atom is 0.125 e. The average molecular weight is 258 g/mol. The van der Waals surface area contributed by atoms with Gasteiger partial charge in [0.1, 0.15) is 5.82 Å². The van der Waals surface area contributed by atoms with Crippen LogP contribution in [-0.4, -0.2) is 17.7 Å². The van der Waals surface area contributed by atoms with Crippen LogP contribution in [0.5, 0.6) is 0 Å². The van der Waals surface area contributed by atoms with Crippen LogP contribution < -0.4 is 5.32 Å². The molecule has 0 bridgehead atoms. The molecule has 1 fully saturated rings. The van der Waals surface area contributed by atoms with Crippen LogP contribution in [-0.2, 0) is 0 Å². The van der Waals surface area contributed by atoms with Crippen molar-refractivity contribution in [1.82, 2.24) is 5.32 Å². The molecule has 3 atom stereocenters. The highest BCUT2D eigenvalue weighted by atomic mass is 35.5. The van der Waals surface area contributed by atoms with Gasteiger partial charge >= 0.3 is 0 Å². The Balaban J connectivity index is 2.15. The monoisotopic (exact) mass is 257 g/mol. The molecule has 0 aliphatic carbocycles. The Morgan fingerprint density at radius 2 is 2.24 bits per heavy atom. The normalized spacial score (nSPS) is 26.8. The van der Waals surface area contributed by atoms with Gasteiger partial charge in [0.05, 0.1) is 6.10 Å². The Hall–Kier alpha value is -0.640. The first-order chi connectivity index (χ1) is 8.06. The second kappa shape index (κ2) is 5.34. The van der Waals surface area contributed by atoms with Gasteiger partial charge in [0.2, 0.25) is 0 Å². The van der Waals surface area contributed by atoms with E-state index < -0.39 is 11.9 Å². The third kappa shape index (κ3) is 3.18. The smallest absolute Gasteiger partial charge is 0.125 e. The predicted molar refractivity (Wildman–Crippen MR) is 66.6 cm³/mol. The molecular weight excluding hydrogens is 241 g/mol. The van der Waals surface area contributed by atoms with Crippen molar-refractivity contribution in [3.05, 3.63) is 34.6 Å². The molecule has 4 heteroatoms. The van der Waals surface area contributed by atoms with Crippen molar-refractivity contribution in [3.8, 4) is 0 Å². The molecule has 3 unspecified atom stereocenters. The quantitative estimate of drug-likeness (QED) is 0.854. The summed E-state index contributed by atoms with van der Waals surface area (Å²) in [5, 5.41) is 13.8. The van der Waals surface area contributed by atoms with Crippen molar-refractivity contribution in [2.24, 2.45) is 5.92 Å². The standard InChI is InChI=1S/C13H17ClFNO/c1-8-2-3-16-12(4-8)13(17)9-5-10(14)7-11(15)6-9/h5-8,12-13,16-17H,2-4H2,1H3. The van der Waals surface area contributed by atoms with E-state index in [9.17, 15) is 9.50 Å². The van der Waals surface area contributed by atoms with Crippen LogP contribution in [0.4, 0.5) is 4.39 Å². The summed E-state index contributed by atoms with van der Waals surface area (Å²) in [7, 11) is 0. The summed E-state index contributed by atoms with van der Waals surface area (Å²) < 4.78 is 13.2. The zero-order valence-electron chi connectivity index (χ0n) is 9.79. The molecule has 94 valence electrons. The number of piperidine rings is 1. The first-order valence-electron chi connectivity index (χ1n) is 5.93. The van der Waals surface area contributed by atoms with E-state index in [1.807, 2.05) is 0 Å². The molecular formula is C13H17ClFNO. The minimum atomic E-state index is -0.703. The van der Waals surface area contributed by atoms with E-state index in [0.717, 1.165) is 19.4 Å². The molecule has 2 nitrogen and oxygen atoms in total. The SMILES string of the molecule is CC1CCNC(C(O)c2cc(F)cc(Cl)c2)C1. The molecule has 0 spiro atoms. The number of hydrogen-bond donors (Lipinski definition) is 2. The Morgan fingerprint density at radius 3 is 2.88 bits per heavy atom. The highest BCUT2D eigenvalue weighted by Gasteiger charge is 2.26. The number of aliphatic hydroxyl groups is 1. The highest BCUT2D eigenvalue weighted by Crippen LogP contribution is 2.27. The van der Waals surface area contributed by atoms with Gasteiger partial charge in [0.25, 0.3) is 0 Å². The second-order valence-electron chi connectivity index (χ2n) is 4.84. The summed E-state index contributed by atoms with van der Waals surface area (Å²) in [6, 6.07) is 4.19. The summed E-state index contributed by atoms with van der Waals surface area (Å²) in [5.74, 6) is 0.176. The zero-order chi connectivity index (χ0) is 12.4. The van der Waals surface area contributed by atoms with Gasteiger partial charge < -0.3 is 10.4 Å². The van der Waals surface area contributed by atoms with Crippen LogP contribution in [0.1, 0.15) is 31.4 Å². The van der Waals surface area contributed by atoms with Crippen molar-refractivity contribution in [1.29, 1.82) is 0 Å². The number of nitrogens with one attached hydrogen (secondary N) is 1. The zero-order valence-corrected chi connectivity index (χ0v) is 10.5. The number of aliphatic hydroxyl groups excluding tert-OH is 1. The topological polar surface area (TPSA) is 32.3 Å². The van der Waals surface area contributed by atoms with E-state index in [-0.39, 0.29) is 6.04 Å². The van der Waals surface area contributed by atoms with Crippen LogP contribution in [0.25, 0.3) is 0 Å². The minimum Gasteiger partial charge on any atom is -0.387 e. The minimum absolute atomic E-state index is 0.0170. The van der Waals surface area contributed by atoms with Gasteiger partial charge in [0.15, 0.2) is 0 Å². The van der Waals surface area contributed by atoms with Crippen molar-refractivity contribution < 1.29 is 9.50 Å². The lowest BCUT2D eigenvalue weighted by atomic mass is 9.89. The van der Waals surface area contributed by atoms with Crippen LogP contribution in [0.3, 0.4) is 0 Å². The maximum absolute atomic E-state index is 13.2. The Labute approximate surface area is 106 Å². The average Bonchev–Trinajstić information content (AvgIpc) is 2.26. The number of hydrogen-bond acceptors (Lipinski definition) is 2. The number of halogens is 2. The van der Waals surface area contributed by atoms with Gasteiger partial charge in [0, 0.05) is 11.1 Å². The van der Waals surface area contributed by atoms with Gasteiger partial charge in [-0.25, -0.2) is 4.39 Å². The van der Waals surface area contributed by atoms with Gasteiger partial charge in [-0.3, -0.25) is 0 Å². The molecule has 17 heavy (non-hydrogen) atoms. The largest absolute Gasteiger partial charge is 0.387 e. The molecule has 1 aliphatic heterocycles. The summed E-state index contributed by atoms with van der Waals surface area (Å²) in [6.07, 6.45) is 1.31. The second-order valence-corrected chi connectivity index (χ2v) is 5.27. The van der Waals surface area contributed by atoms with Crippen molar-refractivity contribution in [2.45, 2.75) is 31.9 Å². The molecule has 0 aromatic heterocycles. The summed E-state index contributed by atoms with van der Waals surface area (Å²) in [6.45, 7) is 3.06. The lowest BCUT2D eigenvalue weighted by Crippen LogP contribution is -2.41. The Bertz CT molecular complexity index is 379. The predicted octanol–water partition coefficient (Wildman–Crippen LogP) is 2.90. The first-order valence-corrected chi connectivity index (χ1v) is 6.31. The fraction of sp³-hybridized carbons (Fsp3) is 0.538. The van der Waals surface area contributed by atoms with Crippen LogP contribution in [0.2, 0.25) is 5.02 Å². The van der Waals surface area contributed by atoms with Crippen LogP contribution in [0.15, 0.2) is 18.2 Å². The molecule has 1 aliphatic rings. The maximum atomic E-state index is 13.2.